The highest BCUT2D eigenvalue weighted by Crippen LogP contribution is 2.38. The zero-order valence-electron chi connectivity index (χ0n) is 4.48. The van der Waals surface area contributed by atoms with E-state index >= 15 is 0 Å². The second kappa shape index (κ2) is 1.65. The lowest BCUT2D eigenvalue weighted by atomic mass is 10.5. The molecule has 0 bridgehead atoms. The molecule has 0 radical (unpaired) electrons. The van der Waals surface area contributed by atoms with E-state index in [1.165, 1.54) is 0 Å². The third-order valence-corrected chi connectivity index (χ3v) is 3.04. The van der Waals surface area contributed by atoms with Crippen molar-refractivity contribution in [1.29, 1.82) is 0 Å². The van der Waals surface area contributed by atoms with Crippen LogP contribution in [0.25, 0.3) is 0 Å². The number of hydrogen-bond acceptors (Lipinski definition) is 2. The maximum absolute atomic E-state index is 9.17. The highest BCUT2D eigenvalue weighted by Gasteiger charge is 2.17. The van der Waals surface area contributed by atoms with E-state index in [4.69, 9.17) is 4.55 Å². The van der Waals surface area contributed by atoms with Crippen LogP contribution in [0.4, 0.5) is 0 Å². The van der Waals surface area contributed by atoms with Gasteiger partial charge < -0.3 is 4.55 Å². The molecule has 1 atom stereocenters. The smallest absolute Gasteiger partial charge is 0.0122 e. The lowest BCUT2D eigenvalue weighted by Gasteiger charge is -2.21. The van der Waals surface area contributed by atoms with Crippen LogP contribution in [0.1, 0.15) is 6.42 Å². The van der Waals surface area contributed by atoms with Crippen LogP contribution in [0.5, 0.6) is 0 Å². The molecule has 1 rings (SSSR count). The molecule has 0 aromatic carbocycles. The fraction of sp³-hybridized carbons (Fsp3) is 1.00. The first kappa shape index (κ1) is 5.41. The SMILES string of the molecule is CS1(O)CCCN1. The summed E-state index contributed by atoms with van der Waals surface area (Å²) in [4.78, 5) is 0. The summed E-state index contributed by atoms with van der Waals surface area (Å²) >= 11 is 0. The topological polar surface area (TPSA) is 32.3 Å². The summed E-state index contributed by atoms with van der Waals surface area (Å²) < 4.78 is 12.2. The number of rotatable bonds is 0. The van der Waals surface area contributed by atoms with Gasteiger partial charge in [-0.05, 0) is 12.7 Å². The van der Waals surface area contributed by atoms with Crippen molar-refractivity contribution in [3.63, 3.8) is 0 Å². The van der Waals surface area contributed by atoms with E-state index in [9.17, 15) is 0 Å². The Labute approximate surface area is 45.6 Å². The minimum atomic E-state index is -1.30. The summed E-state index contributed by atoms with van der Waals surface area (Å²) in [6.45, 7) is 1.00. The fourth-order valence-electron chi connectivity index (χ4n) is 0.717. The summed E-state index contributed by atoms with van der Waals surface area (Å²) in [6, 6.07) is 0. The van der Waals surface area contributed by atoms with Crippen LogP contribution in [0, 0.1) is 0 Å². The normalized spacial score (nSPS) is 51.1. The maximum Gasteiger partial charge on any atom is 0.0122 e. The van der Waals surface area contributed by atoms with E-state index in [1.54, 1.807) is 0 Å². The lowest BCUT2D eigenvalue weighted by Crippen LogP contribution is -2.11. The number of hydrogen-bond donors (Lipinski definition) is 2. The molecule has 1 unspecified atom stereocenters. The van der Waals surface area contributed by atoms with Gasteiger partial charge in [-0.2, -0.15) is 0 Å². The van der Waals surface area contributed by atoms with E-state index in [-0.39, 0.29) is 0 Å². The Morgan fingerprint density at radius 3 is 2.57 bits per heavy atom. The molecule has 0 amide bonds. The van der Waals surface area contributed by atoms with Gasteiger partial charge in [0.15, 0.2) is 0 Å². The molecule has 44 valence electrons. The molecule has 1 aliphatic rings. The van der Waals surface area contributed by atoms with Gasteiger partial charge in [-0.15, -0.1) is 0 Å². The second-order valence-corrected chi connectivity index (χ2v) is 4.77. The van der Waals surface area contributed by atoms with Gasteiger partial charge in [-0.3, -0.25) is 4.72 Å². The highest BCUT2D eigenvalue weighted by atomic mass is 32.3. The fourth-order valence-corrected chi connectivity index (χ4v) is 2.15. The van der Waals surface area contributed by atoms with Crippen molar-refractivity contribution in [3.05, 3.63) is 0 Å². The van der Waals surface area contributed by atoms with Gasteiger partial charge in [0.05, 0.1) is 0 Å². The van der Waals surface area contributed by atoms with Crippen molar-refractivity contribution in [3.8, 4) is 0 Å². The first-order valence-electron chi connectivity index (χ1n) is 2.44. The van der Waals surface area contributed by atoms with Gasteiger partial charge in [-0.25, -0.2) is 0 Å². The Morgan fingerprint density at radius 1 is 1.71 bits per heavy atom. The van der Waals surface area contributed by atoms with E-state index < -0.39 is 10.5 Å². The Morgan fingerprint density at radius 2 is 2.43 bits per heavy atom. The van der Waals surface area contributed by atoms with Crippen LogP contribution in [0.3, 0.4) is 0 Å². The van der Waals surface area contributed by atoms with E-state index in [1.807, 2.05) is 6.26 Å². The van der Waals surface area contributed by atoms with Crippen molar-refractivity contribution in [2.75, 3.05) is 18.6 Å². The van der Waals surface area contributed by atoms with Crippen molar-refractivity contribution < 1.29 is 4.55 Å². The molecule has 0 spiro atoms. The van der Waals surface area contributed by atoms with Crippen LogP contribution in [0.15, 0.2) is 0 Å². The summed E-state index contributed by atoms with van der Waals surface area (Å²) in [6.07, 6.45) is 3.03. The first-order valence-corrected chi connectivity index (χ1v) is 4.60. The van der Waals surface area contributed by atoms with Crippen LogP contribution < -0.4 is 4.72 Å². The third-order valence-electron chi connectivity index (χ3n) is 1.13. The minimum Gasteiger partial charge on any atom is -0.339 e. The van der Waals surface area contributed by atoms with Crippen LogP contribution in [0.2, 0.25) is 0 Å². The van der Waals surface area contributed by atoms with Crippen LogP contribution >= 0.6 is 10.5 Å². The van der Waals surface area contributed by atoms with Crippen molar-refractivity contribution in [2.24, 2.45) is 0 Å². The highest BCUT2D eigenvalue weighted by molar-refractivity contribution is 8.27. The summed E-state index contributed by atoms with van der Waals surface area (Å²) in [5, 5.41) is 0. The molecule has 7 heavy (non-hydrogen) atoms. The zero-order valence-corrected chi connectivity index (χ0v) is 5.29. The van der Waals surface area contributed by atoms with E-state index in [0.717, 1.165) is 18.7 Å². The lowest BCUT2D eigenvalue weighted by molar-refractivity contribution is 0.628. The zero-order chi connectivity index (χ0) is 5.33. The Balaban J connectivity index is 2.40. The van der Waals surface area contributed by atoms with Gasteiger partial charge >= 0.3 is 0 Å². The molecule has 3 heteroatoms. The van der Waals surface area contributed by atoms with Crippen LogP contribution in [-0.2, 0) is 0 Å². The molecule has 1 heterocycles. The molecule has 2 nitrogen and oxygen atoms in total. The molecule has 2 N–H and O–H groups in total. The molecule has 1 aliphatic heterocycles. The van der Waals surface area contributed by atoms with Crippen molar-refractivity contribution in [1.82, 2.24) is 4.72 Å². The molecule has 0 aromatic heterocycles. The van der Waals surface area contributed by atoms with Gasteiger partial charge in [-0.1, -0.05) is 10.5 Å². The number of nitrogens with one attached hydrogen (secondary N) is 1. The quantitative estimate of drug-likeness (QED) is 0.497. The first-order chi connectivity index (χ1) is 3.21. The standard InChI is InChI=1S/C4H11NOS/c1-7(6)4-2-3-5-7/h5-6H,2-4H2,1H3. The van der Waals surface area contributed by atoms with Gasteiger partial charge in [0.25, 0.3) is 0 Å². The van der Waals surface area contributed by atoms with Crippen LogP contribution in [-0.4, -0.2) is 23.1 Å². The summed E-state index contributed by atoms with van der Waals surface area (Å²) in [5.41, 5.74) is 0. The molecule has 0 aliphatic carbocycles. The Kier molecular flexibility index (Phi) is 1.28. The monoisotopic (exact) mass is 121 g/mol. The third kappa shape index (κ3) is 1.33. The molecule has 1 fully saturated rings. The molecule has 0 aromatic rings. The predicted molar refractivity (Wildman–Crippen MR) is 33.6 cm³/mol. The van der Waals surface area contributed by atoms with Gasteiger partial charge in [0.2, 0.25) is 0 Å². The maximum atomic E-state index is 9.17. The largest absolute Gasteiger partial charge is 0.339 e. The average Bonchev–Trinajstić information content (AvgIpc) is 1.84. The molecular formula is C4H11NOS. The molecule has 0 saturated carbocycles. The predicted octanol–water partition coefficient (Wildman–Crippen LogP) is 0.802. The van der Waals surface area contributed by atoms with E-state index in [0.29, 0.717) is 0 Å². The van der Waals surface area contributed by atoms with E-state index in [2.05, 4.69) is 4.72 Å². The average molecular weight is 121 g/mol. The summed E-state index contributed by atoms with van der Waals surface area (Å²) in [5.74, 6) is 0.979. The van der Waals surface area contributed by atoms with Gasteiger partial charge in [0.1, 0.15) is 0 Å². The summed E-state index contributed by atoms with van der Waals surface area (Å²) in [7, 11) is -1.30. The van der Waals surface area contributed by atoms with Crippen molar-refractivity contribution in [2.45, 2.75) is 6.42 Å². The second-order valence-electron chi connectivity index (χ2n) is 1.99. The molecular weight excluding hydrogens is 110 g/mol. The molecule has 1 saturated heterocycles. The van der Waals surface area contributed by atoms with Crippen molar-refractivity contribution >= 4 is 10.5 Å². The minimum absolute atomic E-state index is 0.979. The van der Waals surface area contributed by atoms with Gasteiger partial charge in [0, 0.05) is 12.3 Å². The Bertz CT molecular complexity index is 66.1. The Hall–Kier alpha value is 0.270.